The first-order valence-corrected chi connectivity index (χ1v) is 10.4. The maximum absolute atomic E-state index is 5.50. The maximum atomic E-state index is 5.50. The van der Waals surface area contributed by atoms with Crippen LogP contribution in [0.4, 0.5) is 17.5 Å². The van der Waals surface area contributed by atoms with Crippen LogP contribution < -0.4 is 10.2 Å². The molecule has 8 heteroatoms. The summed E-state index contributed by atoms with van der Waals surface area (Å²) in [5.41, 5.74) is 3.90. The Labute approximate surface area is 180 Å². The highest BCUT2D eigenvalue weighted by atomic mass is 16.3. The first-order valence-electron chi connectivity index (χ1n) is 10.4. The van der Waals surface area contributed by atoms with Gasteiger partial charge in [-0.2, -0.15) is 15.1 Å². The van der Waals surface area contributed by atoms with E-state index in [1.165, 1.54) is 0 Å². The van der Waals surface area contributed by atoms with Gasteiger partial charge in [-0.15, -0.1) is 0 Å². The van der Waals surface area contributed by atoms with Gasteiger partial charge in [0, 0.05) is 38.9 Å². The normalized spacial score (nSPS) is 14.3. The van der Waals surface area contributed by atoms with Crippen molar-refractivity contribution in [2.24, 2.45) is 7.05 Å². The molecule has 8 nitrogen and oxygen atoms in total. The van der Waals surface area contributed by atoms with E-state index in [2.05, 4.69) is 45.9 Å². The Kier molecular flexibility index (Phi) is 4.82. The van der Waals surface area contributed by atoms with Crippen molar-refractivity contribution in [1.82, 2.24) is 24.6 Å². The summed E-state index contributed by atoms with van der Waals surface area (Å²) < 4.78 is 7.29. The predicted molar refractivity (Wildman–Crippen MR) is 122 cm³/mol. The number of nitrogens with zero attached hydrogens (tertiary/aromatic N) is 6. The molecule has 5 rings (SSSR count). The van der Waals surface area contributed by atoms with Crippen LogP contribution in [0.5, 0.6) is 0 Å². The van der Waals surface area contributed by atoms with Crippen molar-refractivity contribution in [2.75, 3.05) is 36.4 Å². The second kappa shape index (κ2) is 7.79. The Morgan fingerprint density at radius 2 is 1.87 bits per heavy atom. The van der Waals surface area contributed by atoms with Gasteiger partial charge in [-0.25, -0.2) is 0 Å². The lowest BCUT2D eigenvalue weighted by atomic mass is 10.2. The third kappa shape index (κ3) is 3.61. The van der Waals surface area contributed by atoms with E-state index in [0.717, 1.165) is 65.7 Å². The third-order valence-electron chi connectivity index (χ3n) is 5.73. The molecule has 3 aromatic heterocycles. The van der Waals surface area contributed by atoms with Gasteiger partial charge in [0.1, 0.15) is 11.6 Å². The molecule has 4 heterocycles. The first kappa shape index (κ1) is 19.2. The minimum Gasteiger partial charge on any atom is -0.463 e. The topological polar surface area (TPSA) is 75.2 Å². The summed E-state index contributed by atoms with van der Waals surface area (Å²) in [5.74, 6) is 2.28. The molecule has 1 N–H and O–H groups in total. The van der Waals surface area contributed by atoms with Crippen LogP contribution in [0, 0.1) is 6.92 Å². The molecule has 4 aromatic rings. The summed E-state index contributed by atoms with van der Waals surface area (Å²) in [6.07, 6.45) is 3.49. The number of furan rings is 1. The summed E-state index contributed by atoms with van der Waals surface area (Å²) in [7, 11) is 1.90. The molecular formula is C23H25N7O. The van der Waals surface area contributed by atoms with E-state index in [-0.39, 0.29) is 0 Å². The van der Waals surface area contributed by atoms with Gasteiger partial charge in [0.2, 0.25) is 5.95 Å². The number of benzene rings is 1. The largest absolute Gasteiger partial charge is 0.463 e. The quantitative estimate of drug-likeness (QED) is 0.531. The number of hydrogen-bond donors (Lipinski definition) is 1. The number of nitrogens with one attached hydrogen (secondary N) is 1. The predicted octanol–water partition coefficient (Wildman–Crippen LogP) is 3.80. The zero-order valence-corrected chi connectivity index (χ0v) is 17.7. The Bertz CT molecular complexity index is 1220. The van der Waals surface area contributed by atoms with Gasteiger partial charge < -0.3 is 19.5 Å². The van der Waals surface area contributed by atoms with Crippen LogP contribution in [0.3, 0.4) is 0 Å². The number of anilines is 3. The molecule has 158 valence electrons. The molecule has 1 aliphatic heterocycles. The van der Waals surface area contributed by atoms with Gasteiger partial charge in [0.05, 0.1) is 23.5 Å². The molecule has 0 saturated carbocycles. The number of aromatic nitrogens is 4. The molecule has 0 amide bonds. The molecule has 0 aliphatic carbocycles. The van der Waals surface area contributed by atoms with E-state index in [1.807, 2.05) is 37.5 Å². The number of rotatable bonds is 5. The van der Waals surface area contributed by atoms with Gasteiger partial charge >= 0.3 is 0 Å². The Balaban J connectivity index is 1.41. The second-order valence-corrected chi connectivity index (χ2v) is 7.72. The molecule has 1 aromatic carbocycles. The fourth-order valence-corrected chi connectivity index (χ4v) is 3.86. The highest BCUT2D eigenvalue weighted by Gasteiger charge is 2.23. The third-order valence-corrected chi connectivity index (χ3v) is 5.73. The summed E-state index contributed by atoms with van der Waals surface area (Å²) in [4.78, 5) is 14.2. The average Bonchev–Trinajstić information content (AvgIpc) is 3.46. The van der Waals surface area contributed by atoms with E-state index in [4.69, 9.17) is 14.4 Å². The molecule has 0 bridgehead atoms. The highest BCUT2D eigenvalue weighted by Crippen LogP contribution is 2.28. The van der Waals surface area contributed by atoms with Crippen molar-refractivity contribution in [3.8, 4) is 0 Å². The maximum Gasteiger partial charge on any atom is 0.229 e. The standard InChI is InChI=1S/C23H25N7O/c1-16-7-4-5-8-19(16)25-21-18-15-24-28(3)22(18)27-23(26-21)30-12-10-29(11-13-30)17(2)20-9-6-14-31-20/h4-9,14-15H,2,10-13H2,1,3H3,(H,25,26,27). The minimum absolute atomic E-state index is 0.704. The highest BCUT2D eigenvalue weighted by molar-refractivity contribution is 5.89. The monoisotopic (exact) mass is 415 g/mol. The minimum atomic E-state index is 0.704. The van der Waals surface area contributed by atoms with Crippen molar-refractivity contribution < 1.29 is 4.42 Å². The number of piperazine rings is 1. The lowest BCUT2D eigenvalue weighted by Gasteiger charge is -2.36. The van der Waals surface area contributed by atoms with Crippen LogP contribution in [0.15, 0.2) is 59.9 Å². The number of para-hydroxylation sites is 1. The van der Waals surface area contributed by atoms with E-state index < -0.39 is 0 Å². The second-order valence-electron chi connectivity index (χ2n) is 7.72. The molecule has 1 fully saturated rings. The number of hydrogen-bond acceptors (Lipinski definition) is 7. The molecule has 0 radical (unpaired) electrons. The van der Waals surface area contributed by atoms with Gasteiger partial charge in [0.25, 0.3) is 0 Å². The summed E-state index contributed by atoms with van der Waals surface area (Å²) in [6, 6.07) is 12.0. The van der Waals surface area contributed by atoms with Crippen LogP contribution >= 0.6 is 0 Å². The van der Waals surface area contributed by atoms with Crippen molar-refractivity contribution in [2.45, 2.75) is 6.92 Å². The fourth-order valence-electron chi connectivity index (χ4n) is 3.86. The molecule has 0 spiro atoms. The molecule has 0 atom stereocenters. The van der Waals surface area contributed by atoms with Crippen LogP contribution in [0.1, 0.15) is 11.3 Å². The molecule has 31 heavy (non-hydrogen) atoms. The van der Waals surface area contributed by atoms with E-state index in [9.17, 15) is 0 Å². The van der Waals surface area contributed by atoms with Crippen LogP contribution in [0.2, 0.25) is 0 Å². The lowest BCUT2D eigenvalue weighted by molar-refractivity contribution is 0.355. The molecule has 1 saturated heterocycles. The SMILES string of the molecule is C=C(c1ccco1)N1CCN(c2nc(Nc3ccccc3C)c3cnn(C)c3n2)CC1. The lowest BCUT2D eigenvalue weighted by Crippen LogP contribution is -2.46. The van der Waals surface area contributed by atoms with Crippen LogP contribution in [-0.4, -0.2) is 50.8 Å². The molecule has 1 aliphatic rings. The van der Waals surface area contributed by atoms with Crippen LogP contribution in [-0.2, 0) is 7.05 Å². The zero-order chi connectivity index (χ0) is 21.4. The smallest absolute Gasteiger partial charge is 0.229 e. The Morgan fingerprint density at radius 1 is 1.06 bits per heavy atom. The number of aryl methyl sites for hydroxylation is 2. The van der Waals surface area contributed by atoms with Crippen molar-refractivity contribution in [3.05, 3.63) is 66.8 Å². The molecule has 0 unspecified atom stereocenters. The number of fused-ring (bicyclic) bond motifs is 1. The van der Waals surface area contributed by atoms with E-state index in [0.29, 0.717) is 5.95 Å². The summed E-state index contributed by atoms with van der Waals surface area (Å²) >= 11 is 0. The average molecular weight is 416 g/mol. The fraction of sp³-hybridized carbons (Fsp3) is 0.261. The van der Waals surface area contributed by atoms with Gasteiger partial charge in [-0.3, -0.25) is 4.68 Å². The van der Waals surface area contributed by atoms with E-state index >= 15 is 0 Å². The zero-order valence-electron chi connectivity index (χ0n) is 17.7. The van der Waals surface area contributed by atoms with Gasteiger partial charge in [-0.05, 0) is 30.7 Å². The first-order chi connectivity index (χ1) is 15.1. The van der Waals surface area contributed by atoms with Gasteiger partial charge in [-0.1, -0.05) is 24.8 Å². The van der Waals surface area contributed by atoms with Crippen molar-refractivity contribution in [3.63, 3.8) is 0 Å². The van der Waals surface area contributed by atoms with Crippen LogP contribution in [0.25, 0.3) is 16.7 Å². The Hall–Kier alpha value is -3.81. The molecular weight excluding hydrogens is 390 g/mol. The van der Waals surface area contributed by atoms with E-state index in [1.54, 1.807) is 10.9 Å². The Morgan fingerprint density at radius 3 is 2.61 bits per heavy atom. The summed E-state index contributed by atoms with van der Waals surface area (Å²) in [6.45, 7) is 9.52. The van der Waals surface area contributed by atoms with Crippen molar-refractivity contribution in [1.29, 1.82) is 0 Å². The van der Waals surface area contributed by atoms with Gasteiger partial charge in [0.15, 0.2) is 5.65 Å². The summed E-state index contributed by atoms with van der Waals surface area (Å²) in [5, 5.41) is 8.78. The van der Waals surface area contributed by atoms with Crippen molar-refractivity contribution >= 4 is 34.2 Å².